The van der Waals surface area contributed by atoms with Crippen LogP contribution < -0.4 is 4.74 Å². The minimum atomic E-state index is -0.774. The van der Waals surface area contributed by atoms with Gasteiger partial charge in [0.05, 0.1) is 0 Å². The maximum atomic E-state index is 6.57. The van der Waals surface area contributed by atoms with Crippen molar-refractivity contribution < 1.29 is 24.0 Å². The van der Waals surface area contributed by atoms with Crippen LogP contribution in [0.25, 0.3) is 21.9 Å². The molecule has 1 saturated carbocycles. The molecule has 188 valence electrons. The van der Waals surface area contributed by atoms with E-state index in [0.29, 0.717) is 11.8 Å². The molecule has 0 radical (unpaired) electrons. The van der Waals surface area contributed by atoms with Gasteiger partial charge in [0.2, 0.25) is 12.1 Å². The van der Waals surface area contributed by atoms with Crippen molar-refractivity contribution in [1.82, 2.24) is 0 Å². The molecule has 5 fully saturated rings. The molecule has 0 aromatic heterocycles. The summed E-state index contributed by atoms with van der Waals surface area (Å²) >= 11 is 0. The van der Waals surface area contributed by atoms with E-state index in [9.17, 15) is 0 Å². The molecule has 0 unspecified atom stereocenters. The first-order chi connectivity index (χ1) is 17.5. The lowest BCUT2D eigenvalue weighted by Gasteiger charge is -2.60. The Kier molecular flexibility index (Phi) is 5.23. The standard InChI is InChI=1S/C31H34O5/c1-19-8-15-27-20(2)28(33-29-31(27)26(19)16-17-30(3,34-29)35-36-31)32-25-13-11-22(12-14-25)24-10-9-21-6-4-5-7-23(21)18-24/h4-7,9-14,18-20,26-29H,8,15-17H2,1-3H3/t19-,20-,26+,27+,28+,29-,30-,31-/m1/s1. The van der Waals surface area contributed by atoms with Crippen molar-refractivity contribution in [3.05, 3.63) is 66.7 Å². The van der Waals surface area contributed by atoms with E-state index in [4.69, 9.17) is 24.0 Å². The van der Waals surface area contributed by atoms with Crippen molar-refractivity contribution in [3.63, 3.8) is 0 Å². The van der Waals surface area contributed by atoms with Crippen LogP contribution in [0, 0.1) is 23.7 Å². The van der Waals surface area contributed by atoms with E-state index in [0.717, 1.165) is 30.6 Å². The summed E-state index contributed by atoms with van der Waals surface area (Å²) in [6.07, 6.45) is 3.19. The van der Waals surface area contributed by atoms with Crippen molar-refractivity contribution in [3.8, 4) is 16.9 Å². The van der Waals surface area contributed by atoms with Crippen LogP contribution in [0.2, 0.25) is 0 Å². The quantitative estimate of drug-likeness (QED) is 0.370. The molecule has 36 heavy (non-hydrogen) atoms. The number of hydrogen-bond acceptors (Lipinski definition) is 5. The number of ether oxygens (including phenoxy) is 3. The summed E-state index contributed by atoms with van der Waals surface area (Å²) in [5.74, 6) is 1.33. The summed E-state index contributed by atoms with van der Waals surface area (Å²) in [6.45, 7) is 6.51. The summed E-state index contributed by atoms with van der Waals surface area (Å²) in [7, 11) is 0. The van der Waals surface area contributed by atoms with Crippen molar-refractivity contribution in [2.24, 2.45) is 23.7 Å². The lowest BCUT2D eigenvalue weighted by molar-refractivity contribution is -0.575. The fraction of sp³-hybridized carbons (Fsp3) is 0.484. The Hall–Kier alpha value is -2.44. The van der Waals surface area contributed by atoms with E-state index in [-0.39, 0.29) is 11.8 Å². The highest BCUT2D eigenvalue weighted by Gasteiger charge is 2.69. The van der Waals surface area contributed by atoms with E-state index in [1.54, 1.807) is 0 Å². The predicted molar refractivity (Wildman–Crippen MR) is 137 cm³/mol. The summed E-state index contributed by atoms with van der Waals surface area (Å²) in [5.41, 5.74) is 1.80. The third-order valence-electron chi connectivity index (χ3n) is 9.29. The minimum Gasteiger partial charge on any atom is -0.465 e. The van der Waals surface area contributed by atoms with Crippen LogP contribution in [-0.4, -0.2) is 24.0 Å². The fourth-order valence-corrected chi connectivity index (χ4v) is 7.24. The molecule has 0 N–H and O–H groups in total. The van der Waals surface area contributed by atoms with Gasteiger partial charge >= 0.3 is 0 Å². The van der Waals surface area contributed by atoms with Crippen LogP contribution in [0.5, 0.6) is 5.75 Å². The first kappa shape index (κ1) is 22.7. The molecular weight excluding hydrogens is 452 g/mol. The second kappa shape index (κ2) is 8.29. The summed E-state index contributed by atoms with van der Waals surface area (Å²) < 4.78 is 19.5. The highest BCUT2D eigenvalue weighted by Crippen LogP contribution is 2.60. The number of benzene rings is 3. The summed E-state index contributed by atoms with van der Waals surface area (Å²) in [5, 5.41) is 2.49. The summed E-state index contributed by atoms with van der Waals surface area (Å²) in [4.78, 5) is 12.2. The van der Waals surface area contributed by atoms with Gasteiger partial charge in [-0.1, -0.05) is 62.4 Å². The lowest BCUT2D eigenvalue weighted by atomic mass is 9.58. The highest BCUT2D eigenvalue weighted by atomic mass is 17.3. The molecule has 3 aromatic carbocycles. The molecule has 4 saturated heterocycles. The van der Waals surface area contributed by atoms with E-state index < -0.39 is 24.0 Å². The lowest BCUT2D eigenvalue weighted by Crippen LogP contribution is -2.70. The van der Waals surface area contributed by atoms with Crippen LogP contribution in [0.3, 0.4) is 0 Å². The van der Waals surface area contributed by atoms with E-state index in [2.05, 4.69) is 68.4 Å². The average molecular weight is 487 g/mol. The van der Waals surface area contributed by atoms with E-state index in [1.165, 1.54) is 22.8 Å². The Morgan fingerprint density at radius 1 is 0.806 bits per heavy atom. The van der Waals surface area contributed by atoms with Crippen LogP contribution >= 0.6 is 0 Å². The molecule has 1 aliphatic carbocycles. The molecule has 5 aliphatic rings. The van der Waals surface area contributed by atoms with Gasteiger partial charge in [0.15, 0.2) is 11.9 Å². The average Bonchev–Trinajstić information content (AvgIpc) is 3.13. The van der Waals surface area contributed by atoms with Crippen molar-refractivity contribution in [2.75, 3.05) is 0 Å². The zero-order chi connectivity index (χ0) is 24.5. The first-order valence-corrected chi connectivity index (χ1v) is 13.4. The maximum absolute atomic E-state index is 6.57. The van der Waals surface area contributed by atoms with Crippen molar-refractivity contribution in [1.29, 1.82) is 0 Å². The SMILES string of the molecule is C[C@H]1[C@@H](Oc2ccc(-c3ccc4ccccc4c3)cc2)O[C@@H]2O[C@@]3(C)CC[C@H]4[C@H](C)CC[C@@H]1[C@@]24OO3. The molecule has 4 heterocycles. The largest absolute Gasteiger partial charge is 0.465 e. The molecule has 0 amide bonds. The van der Waals surface area contributed by atoms with Gasteiger partial charge in [0, 0.05) is 18.3 Å². The van der Waals surface area contributed by atoms with Gasteiger partial charge in [0.1, 0.15) is 5.75 Å². The number of hydrogen-bond donors (Lipinski definition) is 0. The van der Waals surface area contributed by atoms with Gasteiger partial charge in [-0.05, 0) is 78.1 Å². The predicted octanol–water partition coefficient (Wildman–Crippen LogP) is 7.09. The Labute approximate surface area is 212 Å². The number of fused-ring (bicyclic) bond motifs is 3. The van der Waals surface area contributed by atoms with Crippen LogP contribution in [0.15, 0.2) is 66.7 Å². The van der Waals surface area contributed by atoms with Crippen molar-refractivity contribution in [2.45, 2.75) is 70.4 Å². The Balaban J connectivity index is 1.14. The van der Waals surface area contributed by atoms with Gasteiger partial charge in [-0.2, -0.15) is 0 Å². The van der Waals surface area contributed by atoms with Gasteiger partial charge in [-0.3, -0.25) is 0 Å². The molecule has 4 aliphatic heterocycles. The Morgan fingerprint density at radius 2 is 1.58 bits per heavy atom. The molecular formula is C31H34O5. The highest BCUT2D eigenvalue weighted by molar-refractivity contribution is 5.87. The topological polar surface area (TPSA) is 46.2 Å². The van der Waals surface area contributed by atoms with E-state index >= 15 is 0 Å². The van der Waals surface area contributed by atoms with Crippen molar-refractivity contribution >= 4 is 10.8 Å². The van der Waals surface area contributed by atoms with Gasteiger partial charge in [-0.25, -0.2) is 9.78 Å². The van der Waals surface area contributed by atoms with Crippen LogP contribution in [-0.2, 0) is 19.2 Å². The van der Waals surface area contributed by atoms with Gasteiger partial charge in [0.25, 0.3) is 0 Å². The second-order valence-electron chi connectivity index (χ2n) is 11.5. The minimum absolute atomic E-state index is 0.145. The molecule has 5 nitrogen and oxygen atoms in total. The first-order valence-electron chi connectivity index (χ1n) is 13.4. The Bertz CT molecular complexity index is 1270. The smallest absolute Gasteiger partial charge is 0.205 e. The molecule has 8 rings (SSSR count). The van der Waals surface area contributed by atoms with Crippen LogP contribution in [0.4, 0.5) is 0 Å². The molecule has 8 atom stereocenters. The molecule has 5 heteroatoms. The normalized spacial score (nSPS) is 39.4. The molecule has 1 spiro atoms. The third kappa shape index (κ3) is 3.44. The monoisotopic (exact) mass is 486 g/mol. The second-order valence-corrected chi connectivity index (χ2v) is 11.5. The molecule has 2 bridgehead atoms. The third-order valence-corrected chi connectivity index (χ3v) is 9.29. The fourth-order valence-electron chi connectivity index (χ4n) is 7.24. The maximum Gasteiger partial charge on any atom is 0.205 e. The summed E-state index contributed by atoms with van der Waals surface area (Å²) in [6, 6.07) is 23.3. The van der Waals surface area contributed by atoms with Crippen LogP contribution in [0.1, 0.15) is 46.5 Å². The van der Waals surface area contributed by atoms with Gasteiger partial charge < -0.3 is 14.2 Å². The van der Waals surface area contributed by atoms with Gasteiger partial charge in [-0.15, -0.1) is 0 Å². The zero-order valence-electron chi connectivity index (χ0n) is 21.2. The zero-order valence-corrected chi connectivity index (χ0v) is 21.2. The molecule has 3 aromatic rings. The number of rotatable bonds is 3. The van der Waals surface area contributed by atoms with E-state index in [1.807, 2.05) is 19.1 Å². The Morgan fingerprint density at radius 3 is 2.42 bits per heavy atom.